The molecule has 120 valence electrons. The first kappa shape index (κ1) is 16.2. The Morgan fingerprint density at radius 1 is 1.39 bits per heavy atom. The molecular formula is C16H14ClFNO3S+. The Kier molecular flexibility index (Phi) is 4.08. The molecule has 0 saturated carbocycles. The first-order valence-corrected chi connectivity index (χ1v) is 8.24. The summed E-state index contributed by atoms with van der Waals surface area (Å²) >= 11 is 7.25. The smallest absolute Gasteiger partial charge is 0.348 e. The fourth-order valence-electron chi connectivity index (χ4n) is 2.70. The number of hydrogen-bond donors (Lipinski definition) is 1. The molecule has 1 aromatic carbocycles. The predicted molar refractivity (Wildman–Crippen MR) is 86.0 cm³/mol. The molecule has 1 aromatic rings. The third-order valence-electron chi connectivity index (χ3n) is 3.89. The topological polar surface area (TPSA) is 47.8 Å². The summed E-state index contributed by atoms with van der Waals surface area (Å²) in [5.74, 6) is -1.89. The molecule has 2 aliphatic heterocycles. The molecule has 0 radical (unpaired) electrons. The summed E-state index contributed by atoms with van der Waals surface area (Å²) in [5.41, 5.74) is 1.62. The van der Waals surface area contributed by atoms with E-state index in [0.717, 1.165) is 21.6 Å². The van der Waals surface area contributed by atoms with Gasteiger partial charge in [-0.2, -0.15) is 0 Å². The summed E-state index contributed by atoms with van der Waals surface area (Å²) in [6.07, 6.45) is 0. The van der Waals surface area contributed by atoms with Gasteiger partial charge in [-0.15, -0.1) is 0 Å². The van der Waals surface area contributed by atoms with Crippen molar-refractivity contribution in [1.29, 1.82) is 0 Å². The number of esters is 1. The first-order valence-electron chi connectivity index (χ1n) is 7.05. The fraction of sp³-hybridized carbons (Fsp3) is 0.250. The maximum atomic E-state index is 13.8. The molecular weight excluding hydrogens is 341 g/mol. The number of ether oxygens (including phenoxy) is 1. The lowest BCUT2D eigenvalue weighted by Gasteiger charge is -2.24. The molecule has 1 N–H and O–H groups in total. The van der Waals surface area contributed by atoms with Gasteiger partial charge in [-0.3, -0.25) is 4.79 Å². The first-order chi connectivity index (χ1) is 10.9. The number of hydrogen-bond acceptors (Lipinski definition) is 4. The highest BCUT2D eigenvalue weighted by molar-refractivity contribution is 8.06. The maximum Gasteiger partial charge on any atom is 0.348 e. The molecule has 3 rings (SSSR count). The second-order valence-corrected chi connectivity index (χ2v) is 6.86. The van der Waals surface area contributed by atoms with Crippen molar-refractivity contribution in [2.75, 3.05) is 6.61 Å². The molecule has 7 heteroatoms. The molecule has 23 heavy (non-hydrogen) atoms. The molecule has 1 unspecified atom stereocenters. The van der Waals surface area contributed by atoms with E-state index in [4.69, 9.17) is 16.3 Å². The van der Waals surface area contributed by atoms with Crippen molar-refractivity contribution in [1.82, 2.24) is 0 Å². The average molecular weight is 355 g/mol. The standard InChI is InChI=1S/C16H13ClFNO3S/c1-4-22-16(21)13-14(20)9-5-11(18)10(17)6-12(9)19-7(2)8(3)23-15(13)19/h5-6H,4H2,1-3H3/p+1. The molecule has 0 fully saturated rings. The molecule has 0 spiro atoms. The lowest BCUT2D eigenvalue weighted by atomic mass is 9.97. The molecule has 0 saturated heterocycles. The maximum absolute atomic E-state index is 13.8. The number of carbonyl (C=O) groups excluding carboxylic acids is 2. The van der Waals surface area contributed by atoms with Crippen LogP contribution in [0.1, 0.15) is 31.1 Å². The Hall–Kier alpha value is -1.63. The summed E-state index contributed by atoms with van der Waals surface area (Å²) < 4.78 is 18.8. The molecule has 2 heterocycles. The van der Waals surface area contributed by atoms with Gasteiger partial charge >= 0.3 is 5.97 Å². The molecule has 4 nitrogen and oxygen atoms in total. The van der Waals surface area contributed by atoms with Gasteiger partial charge in [0, 0.05) is 17.9 Å². The summed E-state index contributed by atoms with van der Waals surface area (Å²) in [6.45, 7) is 5.65. The van der Waals surface area contributed by atoms with Crippen LogP contribution in [0, 0.1) is 5.82 Å². The van der Waals surface area contributed by atoms with E-state index < -0.39 is 17.6 Å². The van der Waals surface area contributed by atoms with Crippen molar-refractivity contribution in [3.05, 3.63) is 49.7 Å². The second kappa shape index (κ2) is 5.78. The van der Waals surface area contributed by atoms with Crippen molar-refractivity contribution in [2.24, 2.45) is 0 Å². The minimum Gasteiger partial charge on any atom is -0.462 e. The highest BCUT2D eigenvalue weighted by Crippen LogP contribution is 2.39. The highest BCUT2D eigenvalue weighted by atomic mass is 35.5. The van der Waals surface area contributed by atoms with E-state index in [-0.39, 0.29) is 22.8 Å². The summed E-state index contributed by atoms with van der Waals surface area (Å²) in [4.78, 5) is 26.7. The number of fused-ring (bicyclic) bond motifs is 3. The van der Waals surface area contributed by atoms with Crippen LogP contribution in [-0.2, 0) is 9.53 Å². The largest absolute Gasteiger partial charge is 0.462 e. The lowest BCUT2D eigenvalue weighted by molar-refractivity contribution is -0.735. The number of quaternary nitrogens is 1. The van der Waals surface area contributed by atoms with Crippen LogP contribution in [-0.4, -0.2) is 18.4 Å². The number of carbonyl (C=O) groups is 2. The zero-order valence-electron chi connectivity index (χ0n) is 12.8. The van der Waals surface area contributed by atoms with Crippen LogP contribution in [0.25, 0.3) is 0 Å². The van der Waals surface area contributed by atoms with Crippen LogP contribution >= 0.6 is 23.4 Å². The SMILES string of the molecule is CCOC(=O)C1=C2SC(C)=C(C)[NH+]2c2cc(Cl)c(F)cc2C1=O. The molecule has 0 amide bonds. The summed E-state index contributed by atoms with van der Waals surface area (Å²) in [6, 6.07) is 2.54. The van der Waals surface area contributed by atoms with Crippen LogP contribution in [0.3, 0.4) is 0 Å². The van der Waals surface area contributed by atoms with E-state index >= 15 is 0 Å². The van der Waals surface area contributed by atoms with Gasteiger partial charge < -0.3 is 4.74 Å². The summed E-state index contributed by atoms with van der Waals surface area (Å²) in [5, 5.41) is 0.518. The molecule has 0 bridgehead atoms. The van der Waals surface area contributed by atoms with Crippen molar-refractivity contribution in [2.45, 2.75) is 20.8 Å². The molecule has 0 aromatic heterocycles. The van der Waals surface area contributed by atoms with Crippen LogP contribution in [0.4, 0.5) is 10.1 Å². The Labute approximate surface area is 141 Å². The Balaban J connectivity index is 2.27. The summed E-state index contributed by atoms with van der Waals surface area (Å²) in [7, 11) is 0. The van der Waals surface area contributed by atoms with Gasteiger partial charge in [-0.25, -0.2) is 14.1 Å². The number of nitrogens with one attached hydrogen (secondary N) is 1. The van der Waals surface area contributed by atoms with E-state index in [1.807, 2.05) is 13.8 Å². The van der Waals surface area contributed by atoms with E-state index in [9.17, 15) is 14.0 Å². The van der Waals surface area contributed by atoms with Crippen LogP contribution in [0.15, 0.2) is 33.3 Å². The number of rotatable bonds is 2. The van der Waals surface area contributed by atoms with Crippen molar-refractivity contribution >= 4 is 40.8 Å². The fourth-order valence-corrected chi connectivity index (χ4v) is 4.06. The van der Waals surface area contributed by atoms with E-state index in [0.29, 0.717) is 10.7 Å². The molecule has 0 aliphatic carbocycles. The third-order valence-corrected chi connectivity index (χ3v) is 5.41. The van der Waals surface area contributed by atoms with Gasteiger partial charge in [0.1, 0.15) is 11.5 Å². The Bertz CT molecular complexity index is 816. The number of allylic oxidation sites excluding steroid dienone is 2. The third kappa shape index (κ3) is 2.41. The predicted octanol–water partition coefficient (Wildman–Crippen LogP) is 2.96. The minimum atomic E-state index is -0.685. The number of thioether (sulfide) groups is 1. The normalized spacial score (nSPS) is 19.9. The van der Waals surface area contributed by atoms with Gasteiger partial charge in [0.25, 0.3) is 0 Å². The van der Waals surface area contributed by atoms with Crippen LogP contribution in [0.5, 0.6) is 0 Å². The van der Waals surface area contributed by atoms with Gasteiger partial charge in [0.05, 0.1) is 17.2 Å². The van der Waals surface area contributed by atoms with Crippen molar-refractivity contribution in [3.63, 3.8) is 0 Å². The van der Waals surface area contributed by atoms with Crippen LogP contribution in [0.2, 0.25) is 5.02 Å². The molecule has 1 atom stereocenters. The van der Waals surface area contributed by atoms with Crippen LogP contribution < -0.4 is 4.90 Å². The number of halogens is 2. The number of benzene rings is 1. The van der Waals surface area contributed by atoms with Gasteiger partial charge in [-0.05, 0) is 31.7 Å². The van der Waals surface area contributed by atoms with E-state index in [1.165, 1.54) is 17.8 Å². The van der Waals surface area contributed by atoms with Crippen molar-refractivity contribution in [3.8, 4) is 0 Å². The van der Waals surface area contributed by atoms with Gasteiger partial charge in [0.2, 0.25) is 5.78 Å². The number of Topliss-reactive ketones (excluding diaryl/α,β-unsaturated/α-hetero) is 1. The zero-order chi connectivity index (χ0) is 16.9. The minimum absolute atomic E-state index is 0.0303. The van der Waals surface area contributed by atoms with Gasteiger partial charge in [-0.1, -0.05) is 11.6 Å². The quantitative estimate of drug-likeness (QED) is 0.655. The monoisotopic (exact) mass is 354 g/mol. The van der Waals surface area contributed by atoms with E-state index in [2.05, 4.69) is 0 Å². The lowest BCUT2D eigenvalue weighted by Crippen LogP contribution is -3.02. The highest BCUT2D eigenvalue weighted by Gasteiger charge is 2.46. The second-order valence-electron chi connectivity index (χ2n) is 5.22. The molecule has 2 aliphatic rings. The zero-order valence-corrected chi connectivity index (χ0v) is 14.3. The van der Waals surface area contributed by atoms with Crippen molar-refractivity contribution < 1.29 is 23.6 Å². The Morgan fingerprint density at radius 3 is 2.74 bits per heavy atom. The average Bonchev–Trinajstić information content (AvgIpc) is 2.77. The van der Waals surface area contributed by atoms with E-state index in [1.54, 1.807) is 6.92 Å². The number of ketones is 1. The Morgan fingerprint density at radius 2 is 2.09 bits per heavy atom. The van der Waals surface area contributed by atoms with Gasteiger partial charge in [0.15, 0.2) is 16.3 Å².